The number of hydrogen-bond donors (Lipinski definition) is 3. The lowest BCUT2D eigenvalue weighted by Gasteiger charge is -2.28. The van der Waals surface area contributed by atoms with Crippen LogP contribution in [0.5, 0.6) is 0 Å². The smallest absolute Gasteiger partial charge is 0.411 e. The van der Waals surface area contributed by atoms with Gasteiger partial charge in [-0.3, -0.25) is 5.32 Å². The first-order chi connectivity index (χ1) is 18.1. The van der Waals surface area contributed by atoms with Crippen molar-refractivity contribution in [3.63, 3.8) is 0 Å². The summed E-state index contributed by atoms with van der Waals surface area (Å²) in [7, 11) is -3.96. The number of nitrogen functional groups attached to an aromatic ring is 1. The Morgan fingerprint density at radius 1 is 1.16 bits per heavy atom. The highest BCUT2D eigenvalue weighted by Gasteiger charge is 2.44. The van der Waals surface area contributed by atoms with E-state index >= 15 is 0 Å². The minimum absolute atomic E-state index is 0.0193. The Morgan fingerprint density at radius 3 is 2.55 bits per heavy atom. The summed E-state index contributed by atoms with van der Waals surface area (Å²) in [6.07, 6.45) is -0.633. The fourth-order valence-electron chi connectivity index (χ4n) is 4.53. The Morgan fingerprint density at radius 2 is 1.87 bits per heavy atom. The van der Waals surface area contributed by atoms with Crippen LogP contribution in [0.2, 0.25) is 0 Å². The van der Waals surface area contributed by atoms with Gasteiger partial charge < -0.3 is 25.1 Å². The van der Waals surface area contributed by atoms with Gasteiger partial charge in [0, 0.05) is 18.8 Å². The van der Waals surface area contributed by atoms with Crippen LogP contribution in [0, 0.1) is 11.8 Å². The van der Waals surface area contributed by atoms with Crippen molar-refractivity contribution in [2.45, 2.75) is 43.7 Å². The van der Waals surface area contributed by atoms with Gasteiger partial charge >= 0.3 is 6.09 Å². The summed E-state index contributed by atoms with van der Waals surface area (Å²) >= 11 is 0. The molecule has 0 saturated carbocycles. The number of nitrogens with two attached hydrogens (primary N) is 1. The van der Waals surface area contributed by atoms with Gasteiger partial charge in [-0.15, -0.1) is 0 Å². The lowest BCUT2D eigenvalue weighted by molar-refractivity contribution is -0.0907. The average molecular weight is 546 g/mol. The number of nitrogens with zero attached hydrogens (tertiary/aromatic N) is 1. The van der Waals surface area contributed by atoms with Crippen LogP contribution in [0.3, 0.4) is 0 Å². The number of anilines is 1. The molecule has 0 radical (unpaired) electrons. The van der Waals surface area contributed by atoms with Crippen LogP contribution >= 0.6 is 0 Å². The molecule has 38 heavy (non-hydrogen) atoms. The summed E-state index contributed by atoms with van der Waals surface area (Å²) in [5.74, 6) is -0.0620. The van der Waals surface area contributed by atoms with Crippen molar-refractivity contribution in [1.29, 1.82) is 0 Å². The molecule has 2 aliphatic rings. The fraction of sp³-hybridized carbons (Fsp3) is 0.444. The molecule has 0 bridgehead atoms. The number of nitrogens with one attached hydrogen (secondary N) is 1. The Labute approximate surface area is 223 Å². The quantitative estimate of drug-likeness (QED) is 0.387. The number of carbonyl (C=O) groups excluding carboxylic acids is 1. The molecule has 0 spiro atoms. The second-order valence-electron chi connectivity index (χ2n) is 9.90. The van der Waals surface area contributed by atoms with E-state index in [0.29, 0.717) is 17.9 Å². The van der Waals surface area contributed by atoms with Gasteiger partial charge in [0.2, 0.25) is 10.0 Å². The normalized spacial score (nSPS) is 22.4. The van der Waals surface area contributed by atoms with Crippen LogP contribution in [0.25, 0.3) is 6.08 Å². The first-order valence-corrected chi connectivity index (χ1v) is 14.1. The number of aliphatic hydroxyl groups is 1. The molecular formula is C27H35N3O7S. The molecule has 11 heteroatoms. The Hall–Kier alpha value is -2.96. The Bertz CT molecular complexity index is 1220. The lowest BCUT2D eigenvalue weighted by Crippen LogP contribution is -2.43. The second-order valence-corrected chi connectivity index (χ2v) is 11.8. The average Bonchev–Trinajstić information content (AvgIpc) is 3.49. The van der Waals surface area contributed by atoms with Gasteiger partial charge in [0.1, 0.15) is 12.2 Å². The van der Waals surface area contributed by atoms with E-state index in [1.54, 1.807) is 6.08 Å². The number of sulfonamides is 1. The minimum Gasteiger partial charge on any atom is -0.443 e. The number of ether oxygens (including phenoxy) is 3. The highest BCUT2D eigenvalue weighted by Crippen LogP contribution is 2.33. The van der Waals surface area contributed by atoms with E-state index in [-0.39, 0.29) is 48.4 Å². The third-order valence-corrected chi connectivity index (χ3v) is 8.28. The molecule has 1 unspecified atom stereocenters. The number of carbonyl (C=O) groups is 1. The molecule has 206 valence electrons. The summed E-state index contributed by atoms with van der Waals surface area (Å²) in [5.41, 5.74) is 7.00. The zero-order valence-electron chi connectivity index (χ0n) is 21.5. The van der Waals surface area contributed by atoms with Gasteiger partial charge in [-0.25, -0.2) is 13.2 Å². The largest absolute Gasteiger partial charge is 0.443 e. The fourth-order valence-corrected chi connectivity index (χ4v) is 6.14. The molecule has 0 aliphatic carbocycles. The number of fused-ring (bicyclic) bond motifs is 1. The summed E-state index contributed by atoms with van der Waals surface area (Å²) in [6, 6.07) is 15.0. The van der Waals surface area contributed by atoms with E-state index in [4.69, 9.17) is 19.9 Å². The van der Waals surface area contributed by atoms with Crippen LogP contribution in [-0.4, -0.2) is 68.7 Å². The number of rotatable bonds is 10. The van der Waals surface area contributed by atoms with E-state index < -0.39 is 28.3 Å². The predicted octanol–water partition coefficient (Wildman–Crippen LogP) is 2.81. The third-order valence-electron chi connectivity index (χ3n) is 6.43. The van der Waals surface area contributed by atoms with Crippen molar-refractivity contribution in [1.82, 2.24) is 9.62 Å². The van der Waals surface area contributed by atoms with Crippen molar-refractivity contribution < 1.29 is 32.5 Å². The van der Waals surface area contributed by atoms with Gasteiger partial charge in [0.05, 0.1) is 29.7 Å². The van der Waals surface area contributed by atoms with E-state index in [9.17, 15) is 18.3 Å². The summed E-state index contributed by atoms with van der Waals surface area (Å²) in [6.45, 7) is 4.42. The van der Waals surface area contributed by atoms with Crippen LogP contribution in [0.15, 0.2) is 65.2 Å². The molecule has 2 heterocycles. The van der Waals surface area contributed by atoms with Crippen LogP contribution in [-0.2, 0) is 24.2 Å². The maximum absolute atomic E-state index is 13.5. The molecule has 0 aromatic heterocycles. The molecular weight excluding hydrogens is 510 g/mol. The van der Waals surface area contributed by atoms with Crippen LogP contribution < -0.4 is 11.1 Å². The van der Waals surface area contributed by atoms with Crippen molar-refractivity contribution in [2.24, 2.45) is 11.8 Å². The summed E-state index contributed by atoms with van der Waals surface area (Å²) in [4.78, 5) is 12.9. The minimum atomic E-state index is -3.96. The zero-order valence-corrected chi connectivity index (χ0v) is 22.3. The van der Waals surface area contributed by atoms with E-state index in [1.165, 1.54) is 28.6 Å². The molecule has 1 amide bonds. The van der Waals surface area contributed by atoms with Crippen molar-refractivity contribution in [3.05, 3.63) is 65.9 Å². The van der Waals surface area contributed by atoms with E-state index in [2.05, 4.69) is 5.32 Å². The Balaban J connectivity index is 1.55. The second kappa shape index (κ2) is 12.3. The number of benzene rings is 2. The van der Waals surface area contributed by atoms with Gasteiger partial charge in [0.15, 0.2) is 6.29 Å². The molecule has 4 rings (SSSR count). The Kier molecular flexibility index (Phi) is 9.06. The predicted molar refractivity (Wildman–Crippen MR) is 142 cm³/mol. The number of alkyl carbamates (subject to hydrolysis) is 1. The van der Waals surface area contributed by atoms with Gasteiger partial charge in [0.25, 0.3) is 0 Å². The maximum Gasteiger partial charge on any atom is 0.411 e. The first-order valence-electron chi connectivity index (χ1n) is 12.6. The summed E-state index contributed by atoms with van der Waals surface area (Å²) in [5, 5.41) is 13.9. The molecule has 4 atom stereocenters. The SMILES string of the molecule is CC(C)CN(C[C@@H](O)/C(=C\c1ccccc1)NC(=O)O[C@H]1CO[C@H]2OCCC21)S(=O)(=O)c1ccc(N)cc1. The van der Waals surface area contributed by atoms with Gasteiger partial charge in [-0.1, -0.05) is 44.2 Å². The molecule has 2 aliphatic heterocycles. The van der Waals surface area contributed by atoms with Gasteiger partial charge in [-0.2, -0.15) is 4.31 Å². The lowest BCUT2D eigenvalue weighted by atomic mass is 10.0. The number of hydrogen-bond acceptors (Lipinski definition) is 8. The van der Waals surface area contributed by atoms with Crippen LogP contribution in [0.1, 0.15) is 25.8 Å². The summed E-state index contributed by atoms with van der Waals surface area (Å²) < 4.78 is 44.8. The highest BCUT2D eigenvalue weighted by molar-refractivity contribution is 7.89. The topological polar surface area (TPSA) is 140 Å². The van der Waals surface area contributed by atoms with E-state index in [1.807, 2.05) is 44.2 Å². The maximum atomic E-state index is 13.5. The molecule has 2 aromatic carbocycles. The van der Waals surface area contributed by atoms with Gasteiger partial charge in [-0.05, 0) is 48.2 Å². The standard InChI is InChI=1S/C27H35N3O7S/c1-18(2)15-30(38(33,34)21-10-8-20(28)9-11-21)16-24(31)23(14-19-6-4-3-5-7-19)29-27(32)37-25-17-36-26-22(25)12-13-35-26/h3-11,14,18,22,24-26,31H,12-13,15-17,28H2,1-2H3,(H,29,32)/b23-14+/t22?,24-,25+,26-/m1/s1. The van der Waals surface area contributed by atoms with Crippen molar-refractivity contribution >= 4 is 27.9 Å². The third kappa shape index (κ3) is 6.91. The highest BCUT2D eigenvalue weighted by atomic mass is 32.2. The number of aliphatic hydroxyl groups excluding tert-OH is 1. The van der Waals surface area contributed by atoms with E-state index in [0.717, 1.165) is 6.42 Å². The monoisotopic (exact) mass is 545 g/mol. The van der Waals surface area contributed by atoms with Crippen molar-refractivity contribution in [2.75, 3.05) is 32.0 Å². The first kappa shape index (κ1) is 28.1. The molecule has 2 fully saturated rings. The number of amides is 1. The van der Waals surface area contributed by atoms with Crippen molar-refractivity contribution in [3.8, 4) is 0 Å². The zero-order chi connectivity index (χ0) is 27.3. The van der Waals surface area contributed by atoms with Crippen LogP contribution in [0.4, 0.5) is 10.5 Å². The molecule has 2 aromatic rings. The molecule has 4 N–H and O–H groups in total. The molecule has 2 saturated heterocycles. The molecule has 10 nitrogen and oxygen atoms in total.